The van der Waals surface area contributed by atoms with Crippen LogP contribution in [-0.2, 0) is 4.74 Å². The number of nitrogens with zero attached hydrogens (tertiary/aromatic N) is 4. The monoisotopic (exact) mass is 445 g/mol. The van der Waals surface area contributed by atoms with Gasteiger partial charge in [-0.15, -0.1) is 0 Å². The van der Waals surface area contributed by atoms with E-state index >= 15 is 0 Å². The maximum atomic E-state index is 13.0. The molecule has 0 aliphatic rings. The van der Waals surface area contributed by atoms with Gasteiger partial charge in [0.2, 0.25) is 0 Å². The van der Waals surface area contributed by atoms with E-state index in [-0.39, 0.29) is 29.2 Å². The number of aryl methyl sites for hydroxylation is 1. The standard InChI is InChI=1S/C23H19N5O5/c1-3-33-23(30)17-13-24-27(20-11-9-15-6-4-5-7-18(15)25-20)21(17)26-22(29)16-8-10-19(28(31)32)14(2)12-16/h4-13H,3H2,1-2H3,(H,26,29). The van der Waals surface area contributed by atoms with Crippen molar-refractivity contribution in [1.29, 1.82) is 0 Å². The van der Waals surface area contributed by atoms with Crippen LogP contribution in [0.2, 0.25) is 0 Å². The fourth-order valence-electron chi connectivity index (χ4n) is 3.36. The fraction of sp³-hybridized carbons (Fsp3) is 0.130. The first kappa shape index (κ1) is 21.6. The first-order chi connectivity index (χ1) is 15.9. The number of pyridine rings is 1. The van der Waals surface area contributed by atoms with Crippen LogP contribution in [0.5, 0.6) is 0 Å². The number of hydrogen-bond acceptors (Lipinski definition) is 7. The molecule has 10 nitrogen and oxygen atoms in total. The van der Waals surface area contributed by atoms with Gasteiger partial charge in [0, 0.05) is 22.6 Å². The lowest BCUT2D eigenvalue weighted by molar-refractivity contribution is -0.385. The summed E-state index contributed by atoms with van der Waals surface area (Å²) < 4.78 is 6.44. The molecule has 0 aliphatic heterocycles. The van der Waals surface area contributed by atoms with Crippen molar-refractivity contribution >= 4 is 34.3 Å². The van der Waals surface area contributed by atoms with Gasteiger partial charge >= 0.3 is 5.97 Å². The highest BCUT2D eigenvalue weighted by Crippen LogP contribution is 2.24. The Morgan fingerprint density at radius 2 is 1.94 bits per heavy atom. The summed E-state index contributed by atoms with van der Waals surface area (Å²) in [6.45, 7) is 3.36. The van der Waals surface area contributed by atoms with Crippen LogP contribution in [0.4, 0.5) is 11.5 Å². The van der Waals surface area contributed by atoms with E-state index in [9.17, 15) is 19.7 Å². The number of para-hydroxylation sites is 1. The number of rotatable bonds is 6. The SMILES string of the molecule is CCOC(=O)c1cnn(-c2ccc3ccccc3n2)c1NC(=O)c1ccc([N+](=O)[O-])c(C)c1. The van der Waals surface area contributed by atoms with Crippen LogP contribution in [0, 0.1) is 17.0 Å². The van der Waals surface area contributed by atoms with Gasteiger partial charge in [0.15, 0.2) is 11.6 Å². The van der Waals surface area contributed by atoms with Crippen LogP contribution in [0.3, 0.4) is 0 Å². The number of nitrogens with one attached hydrogen (secondary N) is 1. The van der Waals surface area contributed by atoms with Gasteiger partial charge in [-0.2, -0.15) is 9.78 Å². The second-order valence-electron chi connectivity index (χ2n) is 7.11. The average molecular weight is 445 g/mol. The molecule has 0 bridgehead atoms. The summed E-state index contributed by atoms with van der Waals surface area (Å²) in [5.74, 6) is -0.752. The normalized spacial score (nSPS) is 10.7. The summed E-state index contributed by atoms with van der Waals surface area (Å²) in [7, 11) is 0. The number of nitro benzene ring substituents is 1. The number of aromatic nitrogens is 3. The van der Waals surface area contributed by atoms with E-state index in [1.807, 2.05) is 30.3 Å². The lowest BCUT2D eigenvalue weighted by atomic mass is 10.1. The second-order valence-corrected chi connectivity index (χ2v) is 7.11. The van der Waals surface area contributed by atoms with Gasteiger partial charge in [0.1, 0.15) is 5.56 Å². The van der Waals surface area contributed by atoms with Gasteiger partial charge in [-0.05, 0) is 44.2 Å². The Kier molecular flexibility index (Phi) is 5.81. The number of nitro groups is 1. The Balaban J connectivity index is 1.76. The molecule has 4 aromatic rings. The molecule has 166 valence electrons. The number of anilines is 1. The van der Waals surface area contributed by atoms with Crippen molar-refractivity contribution in [3.63, 3.8) is 0 Å². The van der Waals surface area contributed by atoms with Crippen LogP contribution < -0.4 is 5.32 Å². The smallest absolute Gasteiger partial charge is 0.343 e. The molecule has 2 aromatic heterocycles. The number of carbonyl (C=O) groups is 2. The quantitative estimate of drug-likeness (QED) is 0.269. The van der Waals surface area contributed by atoms with E-state index in [0.29, 0.717) is 16.9 Å². The van der Waals surface area contributed by atoms with Gasteiger partial charge in [-0.25, -0.2) is 9.78 Å². The second kappa shape index (κ2) is 8.87. The minimum Gasteiger partial charge on any atom is -0.462 e. The van der Waals surface area contributed by atoms with Crippen molar-refractivity contribution < 1.29 is 19.2 Å². The van der Waals surface area contributed by atoms with Gasteiger partial charge in [0.05, 0.1) is 23.2 Å². The van der Waals surface area contributed by atoms with Crippen molar-refractivity contribution in [1.82, 2.24) is 14.8 Å². The zero-order valence-corrected chi connectivity index (χ0v) is 17.8. The molecule has 1 amide bonds. The van der Waals surface area contributed by atoms with Crippen LogP contribution in [-0.4, -0.2) is 38.2 Å². The number of fused-ring (bicyclic) bond motifs is 1. The summed E-state index contributed by atoms with van der Waals surface area (Å²) in [6, 6.07) is 15.1. The van der Waals surface area contributed by atoms with Crippen molar-refractivity contribution in [3.05, 3.63) is 87.6 Å². The molecule has 2 aromatic carbocycles. The van der Waals surface area contributed by atoms with Crippen molar-refractivity contribution in [3.8, 4) is 5.82 Å². The van der Waals surface area contributed by atoms with E-state index < -0.39 is 16.8 Å². The Labute approximate surface area is 188 Å². The van der Waals surface area contributed by atoms with E-state index in [4.69, 9.17) is 4.74 Å². The Bertz CT molecular complexity index is 1400. The molecule has 33 heavy (non-hydrogen) atoms. The van der Waals surface area contributed by atoms with Crippen LogP contribution in [0.1, 0.15) is 33.2 Å². The van der Waals surface area contributed by atoms with Gasteiger partial charge in [0.25, 0.3) is 11.6 Å². The molecule has 1 N–H and O–H groups in total. The third-order valence-corrected chi connectivity index (χ3v) is 4.95. The van der Waals surface area contributed by atoms with Gasteiger partial charge < -0.3 is 10.1 Å². The number of esters is 1. The maximum absolute atomic E-state index is 13.0. The van der Waals surface area contributed by atoms with E-state index in [1.165, 1.54) is 29.1 Å². The first-order valence-electron chi connectivity index (χ1n) is 10.1. The molecule has 0 radical (unpaired) electrons. The molecule has 10 heteroatoms. The van der Waals surface area contributed by atoms with E-state index in [0.717, 1.165) is 5.39 Å². The summed E-state index contributed by atoms with van der Waals surface area (Å²) >= 11 is 0. The number of benzene rings is 2. The molecule has 0 saturated heterocycles. The molecule has 0 fully saturated rings. The van der Waals surface area contributed by atoms with Gasteiger partial charge in [-0.1, -0.05) is 18.2 Å². The minimum absolute atomic E-state index is 0.0544. The summed E-state index contributed by atoms with van der Waals surface area (Å²) in [5, 5.41) is 18.9. The maximum Gasteiger partial charge on any atom is 0.343 e. The predicted octanol–water partition coefficient (Wildman–Crippen LogP) is 4.07. The molecular weight excluding hydrogens is 426 g/mol. The average Bonchev–Trinajstić information content (AvgIpc) is 3.22. The largest absolute Gasteiger partial charge is 0.462 e. The highest BCUT2D eigenvalue weighted by atomic mass is 16.6. The third kappa shape index (κ3) is 4.26. The fourth-order valence-corrected chi connectivity index (χ4v) is 3.36. The number of amides is 1. The van der Waals surface area contributed by atoms with E-state index in [2.05, 4.69) is 15.4 Å². The highest BCUT2D eigenvalue weighted by molar-refractivity contribution is 6.07. The topological polar surface area (TPSA) is 129 Å². The zero-order chi connectivity index (χ0) is 23.5. The predicted molar refractivity (Wildman–Crippen MR) is 121 cm³/mol. The van der Waals surface area contributed by atoms with Crippen molar-refractivity contribution in [2.24, 2.45) is 0 Å². The highest BCUT2D eigenvalue weighted by Gasteiger charge is 2.23. The van der Waals surface area contributed by atoms with Crippen LogP contribution >= 0.6 is 0 Å². The van der Waals surface area contributed by atoms with Crippen molar-refractivity contribution in [2.45, 2.75) is 13.8 Å². The Morgan fingerprint density at radius 1 is 1.15 bits per heavy atom. The minimum atomic E-state index is -0.653. The van der Waals surface area contributed by atoms with Crippen LogP contribution in [0.25, 0.3) is 16.7 Å². The van der Waals surface area contributed by atoms with Crippen LogP contribution in [0.15, 0.2) is 60.8 Å². The Hall–Kier alpha value is -4.60. The lowest BCUT2D eigenvalue weighted by Crippen LogP contribution is -2.18. The molecule has 2 heterocycles. The molecule has 4 rings (SSSR count). The third-order valence-electron chi connectivity index (χ3n) is 4.95. The molecule has 0 aliphatic carbocycles. The molecule has 0 unspecified atom stereocenters. The summed E-state index contributed by atoms with van der Waals surface area (Å²) in [6.07, 6.45) is 1.30. The molecule has 0 saturated carbocycles. The van der Waals surface area contributed by atoms with Gasteiger partial charge in [-0.3, -0.25) is 14.9 Å². The summed E-state index contributed by atoms with van der Waals surface area (Å²) in [4.78, 5) is 40.6. The first-order valence-corrected chi connectivity index (χ1v) is 10.1. The number of ether oxygens (including phenoxy) is 1. The van der Waals surface area contributed by atoms with Crippen molar-refractivity contribution in [2.75, 3.05) is 11.9 Å². The molecular formula is C23H19N5O5. The number of carbonyl (C=O) groups excluding carboxylic acids is 2. The Morgan fingerprint density at radius 3 is 2.67 bits per heavy atom. The molecule has 0 atom stereocenters. The zero-order valence-electron chi connectivity index (χ0n) is 17.8. The van der Waals surface area contributed by atoms with E-state index in [1.54, 1.807) is 19.9 Å². The lowest BCUT2D eigenvalue weighted by Gasteiger charge is -2.11. The summed E-state index contributed by atoms with van der Waals surface area (Å²) in [5.41, 5.74) is 1.20. The molecule has 0 spiro atoms. The number of hydrogen-bond donors (Lipinski definition) is 1.